The van der Waals surface area contributed by atoms with Crippen LogP contribution in [0.2, 0.25) is 0 Å². The number of non-ortho nitro benzene ring substituents is 1. The van der Waals surface area contributed by atoms with Gasteiger partial charge in [0.25, 0.3) is 5.69 Å². The van der Waals surface area contributed by atoms with Gasteiger partial charge < -0.3 is 4.57 Å². The van der Waals surface area contributed by atoms with E-state index in [-0.39, 0.29) is 10.6 Å². The van der Waals surface area contributed by atoms with Crippen molar-refractivity contribution in [3.05, 3.63) is 34.1 Å². The molecule has 2 saturated carbocycles. The zero-order valence-corrected chi connectivity index (χ0v) is 17.4. The molecule has 0 N–H and O–H groups in total. The molecule has 5 rings (SSSR count). The predicted molar refractivity (Wildman–Crippen MR) is 105 cm³/mol. The van der Waals surface area contributed by atoms with Gasteiger partial charge in [0, 0.05) is 42.1 Å². The summed E-state index contributed by atoms with van der Waals surface area (Å²) in [5.74, 6) is 1.43. The second kappa shape index (κ2) is 7.06. The number of nitrogens with zero attached hydrogens (tertiary/aromatic N) is 5. The van der Waals surface area contributed by atoms with Crippen molar-refractivity contribution in [3.63, 3.8) is 0 Å². The summed E-state index contributed by atoms with van der Waals surface area (Å²) in [5.41, 5.74) is -0.227. The van der Waals surface area contributed by atoms with Crippen LogP contribution < -0.4 is 0 Å². The van der Waals surface area contributed by atoms with Gasteiger partial charge in [0.05, 0.1) is 4.92 Å². The maximum absolute atomic E-state index is 13.2. The van der Waals surface area contributed by atoms with E-state index in [1.54, 1.807) is 0 Å². The standard InChI is InChI=1S/C18H21N5O4S2/c24-23(25)14-7-8-15(16(11-14)29(26,27)21-9-1-2-10-21)28-18-20-19-17(12-3-4-12)22(18)13-5-6-13/h7-8,11-13H,1-6,9-10H2. The van der Waals surface area contributed by atoms with Crippen LogP contribution in [-0.4, -0.2) is 45.5 Å². The molecular formula is C18H21N5O4S2. The molecule has 2 aromatic rings. The van der Waals surface area contributed by atoms with E-state index >= 15 is 0 Å². The van der Waals surface area contributed by atoms with Gasteiger partial charge in [-0.05, 0) is 56.4 Å². The van der Waals surface area contributed by atoms with E-state index in [0.29, 0.717) is 35.1 Å². The lowest BCUT2D eigenvalue weighted by Crippen LogP contribution is -2.28. The molecule has 0 bridgehead atoms. The highest BCUT2D eigenvalue weighted by Crippen LogP contribution is 2.47. The summed E-state index contributed by atoms with van der Waals surface area (Å²) in [6.45, 7) is 0.887. The molecule has 1 aromatic carbocycles. The van der Waals surface area contributed by atoms with Crippen molar-refractivity contribution in [1.29, 1.82) is 0 Å². The average Bonchev–Trinajstić information content (AvgIpc) is 3.62. The second-order valence-corrected chi connectivity index (χ2v) is 10.7. The number of benzene rings is 1. The van der Waals surface area contributed by atoms with Gasteiger partial charge in [-0.3, -0.25) is 10.1 Å². The lowest BCUT2D eigenvalue weighted by Gasteiger charge is -2.18. The van der Waals surface area contributed by atoms with Crippen LogP contribution in [0.15, 0.2) is 33.1 Å². The number of hydrogen-bond acceptors (Lipinski definition) is 7. The molecule has 1 aromatic heterocycles. The van der Waals surface area contributed by atoms with Gasteiger partial charge in [-0.2, -0.15) is 4.31 Å². The van der Waals surface area contributed by atoms with Gasteiger partial charge in [-0.25, -0.2) is 8.42 Å². The summed E-state index contributed by atoms with van der Waals surface area (Å²) in [6.07, 6.45) is 5.98. The summed E-state index contributed by atoms with van der Waals surface area (Å²) in [4.78, 5) is 11.2. The minimum absolute atomic E-state index is 0.0167. The van der Waals surface area contributed by atoms with Gasteiger partial charge in [0.15, 0.2) is 5.16 Å². The molecule has 3 fully saturated rings. The fourth-order valence-electron chi connectivity index (χ4n) is 3.72. The zero-order valence-electron chi connectivity index (χ0n) is 15.7. The van der Waals surface area contributed by atoms with Crippen molar-refractivity contribution in [2.45, 2.75) is 65.4 Å². The molecule has 11 heteroatoms. The fraction of sp³-hybridized carbons (Fsp3) is 0.556. The molecule has 9 nitrogen and oxygen atoms in total. The van der Waals surface area contributed by atoms with E-state index in [0.717, 1.165) is 44.3 Å². The Morgan fingerprint density at radius 1 is 1.10 bits per heavy atom. The van der Waals surface area contributed by atoms with Crippen molar-refractivity contribution in [2.75, 3.05) is 13.1 Å². The van der Waals surface area contributed by atoms with Crippen molar-refractivity contribution < 1.29 is 13.3 Å². The van der Waals surface area contributed by atoms with Crippen molar-refractivity contribution >= 4 is 27.5 Å². The highest BCUT2D eigenvalue weighted by atomic mass is 32.2. The van der Waals surface area contributed by atoms with Crippen molar-refractivity contribution in [1.82, 2.24) is 19.1 Å². The number of nitro benzene ring substituents is 1. The summed E-state index contributed by atoms with van der Waals surface area (Å²) < 4.78 is 30.0. The molecule has 0 unspecified atom stereocenters. The Morgan fingerprint density at radius 2 is 1.83 bits per heavy atom. The number of aromatic nitrogens is 3. The van der Waals surface area contributed by atoms with Crippen LogP contribution >= 0.6 is 11.8 Å². The van der Waals surface area contributed by atoms with Gasteiger partial charge in [-0.15, -0.1) is 10.2 Å². The number of hydrogen-bond donors (Lipinski definition) is 0. The topological polar surface area (TPSA) is 111 Å². The number of rotatable bonds is 7. The first kappa shape index (κ1) is 19.0. The first-order valence-electron chi connectivity index (χ1n) is 9.86. The Bertz CT molecular complexity index is 1070. The molecule has 1 aliphatic heterocycles. The molecule has 0 amide bonds. The molecule has 29 heavy (non-hydrogen) atoms. The minimum atomic E-state index is -3.81. The monoisotopic (exact) mass is 435 g/mol. The van der Waals surface area contributed by atoms with Gasteiger partial charge in [-0.1, -0.05) is 0 Å². The van der Waals surface area contributed by atoms with Crippen LogP contribution in [-0.2, 0) is 10.0 Å². The van der Waals surface area contributed by atoms with Gasteiger partial charge in [0.2, 0.25) is 10.0 Å². The van der Waals surface area contributed by atoms with E-state index in [1.165, 1.54) is 34.3 Å². The zero-order chi connectivity index (χ0) is 20.2. The molecule has 0 spiro atoms. The molecule has 0 atom stereocenters. The summed E-state index contributed by atoms with van der Waals surface area (Å²) in [5, 5.41) is 20.7. The van der Waals surface area contributed by atoms with E-state index in [4.69, 9.17) is 0 Å². The first-order valence-corrected chi connectivity index (χ1v) is 12.1. The van der Waals surface area contributed by atoms with Crippen LogP contribution in [0, 0.1) is 10.1 Å². The highest BCUT2D eigenvalue weighted by Gasteiger charge is 2.37. The van der Waals surface area contributed by atoms with Gasteiger partial charge in [0.1, 0.15) is 10.7 Å². The Morgan fingerprint density at radius 3 is 2.45 bits per heavy atom. The third-order valence-corrected chi connectivity index (χ3v) is 8.67. The molecule has 3 aliphatic rings. The Hall–Kier alpha value is -1.98. The largest absolute Gasteiger partial charge is 0.302 e. The second-order valence-electron chi connectivity index (χ2n) is 7.82. The molecular weight excluding hydrogens is 414 g/mol. The summed E-state index contributed by atoms with van der Waals surface area (Å²) >= 11 is 1.24. The third kappa shape index (κ3) is 3.55. The summed E-state index contributed by atoms with van der Waals surface area (Å²) in [6, 6.07) is 4.43. The van der Waals surface area contributed by atoms with Crippen LogP contribution in [0.3, 0.4) is 0 Å². The maximum atomic E-state index is 13.2. The molecule has 1 saturated heterocycles. The lowest BCUT2D eigenvalue weighted by molar-refractivity contribution is -0.385. The number of nitro groups is 1. The molecule has 0 radical (unpaired) electrons. The quantitative estimate of drug-likeness (QED) is 0.484. The lowest BCUT2D eigenvalue weighted by atomic mass is 10.3. The van der Waals surface area contributed by atoms with Crippen LogP contribution in [0.1, 0.15) is 56.3 Å². The molecule has 154 valence electrons. The Kier molecular flexibility index (Phi) is 4.63. The Labute approximate surface area is 172 Å². The van der Waals surface area contributed by atoms with E-state index in [2.05, 4.69) is 14.8 Å². The van der Waals surface area contributed by atoms with E-state index < -0.39 is 14.9 Å². The number of sulfonamides is 1. The molecule has 2 aliphatic carbocycles. The fourth-order valence-corrected chi connectivity index (χ4v) is 6.68. The predicted octanol–water partition coefficient (Wildman–Crippen LogP) is 3.33. The van der Waals surface area contributed by atoms with E-state index in [9.17, 15) is 18.5 Å². The normalized spacial score (nSPS) is 20.3. The van der Waals surface area contributed by atoms with Crippen LogP contribution in [0.5, 0.6) is 0 Å². The van der Waals surface area contributed by atoms with Crippen molar-refractivity contribution in [3.8, 4) is 0 Å². The van der Waals surface area contributed by atoms with Crippen LogP contribution in [0.4, 0.5) is 5.69 Å². The van der Waals surface area contributed by atoms with Gasteiger partial charge >= 0.3 is 0 Å². The smallest absolute Gasteiger partial charge is 0.270 e. The molecule has 2 heterocycles. The minimum Gasteiger partial charge on any atom is -0.302 e. The summed E-state index contributed by atoms with van der Waals surface area (Å²) in [7, 11) is -3.81. The average molecular weight is 436 g/mol. The first-order chi connectivity index (χ1) is 13.9. The SMILES string of the molecule is O=[N+]([O-])c1ccc(Sc2nnc(C3CC3)n2C2CC2)c(S(=O)(=O)N2CCCC2)c1. The van der Waals surface area contributed by atoms with E-state index in [1.807, 2.05) is 0 Å². The maximum Gasteiger partial charge on any atom is 0.270 e. The third-order valence-electron chi connectivity index (χ3n) is 5.57. The van der Waals surface area contributed by atoms with Crippen LogP contribution in [0.25, 0.3) is 0 Å². The van der Waals surface area contributed by atoms with Crippen molar-refractivity contribution in [2.24, 2.45) is 0 Å². The highest BCUT2D eigenvalue weighted by molar-refractivity contribution is 8.00. The Balaban J connectivity index is 1.56.